The molecule has 10 heteroatoms. The van der Waals surface area contributed by atoms with Gasteiger partial charge in [0.1, 0.15) is 6.04 Å². The van der Waals surface area contributed by atoms with Crippen LogP contribution in [0.25, 0.3) is 0 Å². The first-order valence-corrected chi connectivity index (χ1v) is 8.21. The number of carbonyl (C=O) groups is 1. The number of nitrogens with zero attached hydrogens (tertiary/aromatic N) is 3. The predicted molar refractivity (Wildman–Crippen MR) is 99.8 cm³/mol. The van der Waals surface area contributed by atoms with Crippen molar-refractivity contribution in [3.8, 4) is 0 Å². The van der Waals surface area contributed by atoms with Crippen LogP contribution in [0.15, 0.2) is 12.4 Å². The Morgan fingerprint density at radius 2 is 2.08 bits per heavy atom. The molecule has 0 aromatic carbocycles. The molecule has 2 atom stereocenters. The summed E-state index contributed by atoms with van der Waals surface area (Å²) in [6.07, 6.45) is 3.43. The molecule has 2 aliphatic heterocycles. The number of ether oxygens (including phenoxy) is 2. The number of rotatable bonds is 5. The molecule has 0 bridgehead atoms. The highest BCUT2D eigenvalue weighted by atomic mass is 35.5. The lowest BCUT2D eigenvalue weighted by molar-refractivity contribution is -0.123. The first kappa shape index (κ1) is 22.1. The average molecular weight is 396 g/mol. The Morgan fingerprint density at radius 1 is 1.32 bits per heavy atom. The molecule has 3 rings (SSSR count). The second-order valence-corrected chi connectivity index (χ2v) is 5.94. The molecule has 0 saturated carbocycles. The summed E-state index contributed by atoms with van der Waals surface area (Å²) >= 11 is 0. The Labute approximate surface area is 160 Å². The van der Waals surface area contributed by atoms with Gasteiger partial charge in [-0.1, -0.05) is 0 Å². The molecule has 144 valence electrons. The normalized spacial score (nSPS) is 24.0. The maximum Gasteiger partial charge on any atom is 0.244 e. The Morgan fingerprint density at radius 3 is 2.80 bits per heavy atom. The minimum absolute atomic E-state index is 0. The lowest BCUT2D eigenvalue weighted by atomic mass is 10.1. The van der Waals surface area contributed by atoms with Gasteiger partial charge in [-0.15, -0.1) is 24.8 Å². The van der Waals surface area contributed by atoms with Gasteiger partial charge in [-0.2, -0.15) is 5.10 Å². The van der Waals surface area contributed by atoms with Gasteiger partial charge >= 0.3 is 0 Å². The molecule has 25 heavy (non-hydrogen) atoms. The Balaban J connectivity index is 0.00000156. The van der Waals surface area contributed by atoms with Crippen molar-refractivity contribution in [2.24, 2.45) is 0 Å². The van der Waals surface area contributed by atoms with Gasteiger partial charge < -0.3 is 20.1 Å². The van der Waals surface area contributed by atoms with E-state index in [0.29, 0.717) is 13.2 Å². The number of anilines is 1. The van der Waals surface area contributed by atoms with Crippen molar-refractivity contribution >= 4 is 36.4 Å². The molecule has 0 spiro atoms. The largest absolute Gasteiger partial charge is 0.379 e. The molecular weight excluding hydrogens is 369 g/mol. The van der Waals surface area contributed by atoms with Gasteiger partial charge in [-0.05, 0) is 6.92 Å². The standard InChI is InChI=1S/C15H25N5O3.2ClH/c1-12-14(16-2-7-23-12)15(21)18-13-10-17-20(11-13)4-3-19-5-8-22-9-6-19;;/h10-12,14,16H,2-9H2,1H3,(H,18,21);2*1H/t12-,14+;;/m1../s1. The number of nitrogens with one attached hydrogen (secondary N) is 2. The van der Waals surface area contributed by atoms with Crippen LogP contribution in [0.3, 0.4) is 0 Å². The van der Waals surface area contributed by atoms with Crippen LogP contribution >= 0.6 is 24.8 Å². The van der Waals surface area contributed by atoms with Crippen molar-refractivity contribution in [2.75, 3.05) is 51.3 Å². The number of amides is 1. The Bertz CT molecular complexity index is 525. The molecule has 2 saturated heterocycles. The van der Waals surface area contributed by atoms with E-state index in [1.807, 2.05) is 17.8 Å². The molecule has 1 aromatic heterocycles. The van der Waals surface area contributed by atoms with Crippen LogP contribution in [0, 0.1) is 0 Å². The van der Waals surface area contributed by atoms with Crippen molar-refractivity contribution in [1.82, 2.24) is 20.0 Å². The summed E-state index contributed by atoms with van der Waals surface area (Å²) in [5, 5.41) is 10.4. The summed E-state index contributed by atoms with van der Waals surface area (Å²) in [5.74, 6) is -0.0788. The van der Waals surface area contributed by atoms with E-state index in [1.54, 1.807) is 6.20 Å². The highest BCUT2D eigenvalue weighted by molar-refractivity contribution is 5.95. The van der Waals surface area contributed by atoms with Gasteiger partial charge in [0.05, 0.1) is 44.4 Å². The molecule has 3 heterocycles. The molecule has 0 unspecified atom stereocenters. The van der Waals surface area contributed by atoms with E-state index >= 15 is 0 Å². The van der Waals surface area contributed by atoms with Crippen molar-refractivity contribution in [2.45, 2.75) is 25.6 Å². The Kier molecular flexibility index (Phi) is 9.70. The fourth-order valence-electron chi connectivity index (χ4n) is 2.87. The third-order valence-corrected chi connectivity index (χ3v) is 4.25. The van der Waals surface area contributed by atoms with Gasteiger partial charge in [-0.25, -0.2) is 0 Å². The minimum atomic E-state index is -0.319. The van der Waals surface area contributed by atoms with Crippen LogP contribution in [0.4, 0.5) is 5.69 Å². The number of aromatic nitrogens is 2. The van der Waals surface area contributed by atoms with E-state index in [2.05, 4.69) is 20.6 Å². The van der Waals surface area contributed by atoms with E-state index in [-0.39, 0.29) is 42.9 Å². The number of hydrogen-bond acceptors (Lipinski definition) is 6. The highest BCUT2D eigenvalue weighted by Crippen LogP contribution is 2.10. The third kappa shape index (κ3) is 6.40. The van der Waals surface area contributed by atoms with Crippen molar-refractivity contribution in [1.29, 1.82) is 0 Å². The van der Waals surface area contributed by atoms with Crippen LogP contribution in [0.2, 0.25) is 0 Å². The molecule has 2 fully saturated rings. The van der Waals surface area contributed by atoms with Gasteiger partial charge in [0, 0.05) is 32.4 Å². The zero-order chi connectivity index (χ0) is 16.1. The molecule has 2 aliphatic rings. The third-order valence-electron chi connectivity index (χ3n) is 4.25. The maximum absolute atomic E-state index is 12.3. The topological polar surface area (TPSA) is 80.7 Å². The fourth-order valence-corrected chi connectivity index (χ4v) is 2.87. The van der Waals surface area contributed by atoms with E-state index in [0.717, 1.165) is 45.1 Å². The van der Waals surface area contributed by atoms with Gasteiger partial charge in [-0.3, -0.25) is 14.4 Å². The van der Waals surface area contributed by atoms with Gasteiger partial charge in [0.2, 0.25) is 5.91 Å². The first-order valence-electron chi connectivity index (χ1n) is 8.21. The summed E-state index contributed by atoms with van der Waals surface area (Å²) in [4.78, 5) is 14.6. The van der Waals surface area contributed by atoms with Crippen LogP contribution in [0.5, 0.6) is 0 Å². The number of halogens is 2. The summed E-state index contributed by atoms with van der Waals surface area (Å²) in [6.45, 7) is 8.52. The molecule has 1 amide bonds. The summed E-state index contributed by atoms with van der Waals surface area (Å²) < 4.78 is 12.7. The second kappa shape index (κ2) is 10.9. The predicted octanol–water partition coefficient (Wildman–Crippen LogP) is 0.374. The lowest BCUT2D eigenvalue weighted by Gasteiger charge is -2.29. The van der Waals surface area contributed by atoms with Gasteiger partial charge in [0.15, 0.2) is 0 Å². The second-order valence-electron chi connectivity index (χ2n) is 5.94. The van der Waals surface area contributed by atoms with Crippen molar-refractivity contribution < 1.29 is 14.3 Å². The van der Waals surface area contributed by atoms with E-state index in [4.69, 9.17) is 9.47 Å². The fraction of sp³-hybridized carbons (Fsp3) is 0.733. The number of morpholine rings is 2. The zero-order valence-electron chi connectivity index (χ0n) is 14.3. The summed E-state index contributed by atoms with van der Waals surface area (Å²) in [6, 6.07) is -0.319. The van der Waals surface area contributed by atoms with Gasteiger partial charge in [0.25, 0.3) is 0 Å². The average Bonchev–Trinajstić information content (AvgIpc) is 3.02. The van der Waals surface area contributed by atoms with Crippen molar-refractivity contribution in [3.05, 3.63) is 12.4 Å². The minimum Gasteiger partial charge on any atom is -0.379 e. The van der Waals surface area contributed by atoms with Crippen LogP contribution in [0.1, 0.15) is 6.92 Å². The van der Waals surface area contributed by atoms with Crippen LogP contribution in [-0.2, 0) is 20.8 Å². The molecule has 1 aromatic rings. The molecule has 0 aliphatic carbocycles. The quantitative estimate of drug-likeness (QED) is 0.749. The smallest absolute Gasteiger partial charge is 0.244 e. The first-order chi connectivity index (χ1) is 11.2. The van der Waals surface area contributed by atoms with E-state index in [9.17, 15) is 4.79 Å². The Hall–Kier alpha value is -0.900. The molecular formula is C15H27Cl2N5O3. The molecule has 2 N–H and O–H groups in total. The number of carbonyl (C=O) groups excluding carboxylic acids is 1. The zero-order valence-corrected chi connectivity index (χ0v) is 16.0. The monoisotopic (exact) mass is 395 g/mol. The molecule has 0 radical (unpaired) electrons. The summed E-state index contributed by atoms with van der Waals surface area (Å²) in [5.41, 5.74) is 0.719. The van der Waals surface area contributed by atoms with Crippen LogP contribution < -0.4 is 10.6 Å². The van der Waals surface area contributed by atoms with E-state index in [1.165, 1.54) is 0 Å². The highest BCUT2D eigenvalue weighted by Gasteiger charge is 2.28. The van der Waals surface area contributed by atoms with Crippen molar-refractivity contribution in [3.63, 3.8) is 0 Å². The van der Waals surface area contributed by atoms with Crippen LogP contribution in [-0.4, -0.2) is 78.7 Å². The lowest BCUT2D eigenvalue weighted by Crippen LogP contribution is -2.53. The molecule has 8 nitrogen and oxygen atoms in total. The number of hydrogen-bond donors (Lipinski definition) is 2. The summed E-state index contributed by atoms with van der Waals surface area (Å²) in [7, 11) is 0. The SMILES string of the molecule is C[C@H]1OCCN[C@@H]1C(=O)Nc1cnn(CCN2CCOCC2)c1.Cl.Cl. The van der Waals surface area contributed by atoms with E-state index < -0.39 is 0 Å². The maximum atomic E-state index is 12.3.